The molecular formula is C24H32N4O5S2. The van der Waals surface area contributed by atoms with E-state index >= 15 is 0 Å². The number of amides is 1. The van der Waals surface area contributed by atoms with Gasteiger partial charge in [-0.2, -0.15) is 8.61 Å². The van der Waals surface area contributed by atoms with Crippen molar-refractivity contribution in [2.45, 2.75) is 23.8 Å². The lowest BCUT2D eigenvalue weighted by atomic mass is 9.85. The van der Waals surface area contributed by atoms with Gasteiger partial charge in [0.2, 0.25) is 26.0 Å². The standard InChI is InChI=1S/C24H32N4O5S2/c1-34(30,31)27-12-10-26(11-13-27)24(29)22-15-21(20-7-3-2-4-8-20)17-28(18-22)35(32,33)23-9-5-6-19(14-23)16-25/h2-9,14,21-22H,10-13,15-18,25H2,1H3. The molecule has 2 aliphatic heterocycles. The Morgan fingerprint density at radius 3 is 2.23 bits per heavy atom. The molecule has 0 aliphatic carbocycles. The lowest BCUT2D eigenvalue weighted by Gasteiger charge is -2.40. The van der Waals surface area contributed by atoms with E-state index in [1.165, 1.54) is 14.9 Å². The van der Waals surface area contributed by atoms with Crippen molar-refractivity contribution in [1.29, 1.82) is 0 Å². The van der Waals surface area contributed by atoms with Gasteiger partial charge in [0, 0.05) is 45.8 Å². The summed E-state index contributed by atoms with van der Waals surface area (Å²) < 4.78 is 53.7. The molecule has 1 amide bonds. The minimum absolute atomic E-state index is 0.0869. The van der Waals surface area contributed by atoms with Crippen LogP contribution in [0.15, 0.2) is 59.5 Å². The van der Waals surface area contributed by atoms with E-state index in [1.807, 2.05) is 30.3 Å². The molecule has 0 radical (unpaired) electrons. The molecule has 2 atom stereocenters. The van der Waals surface area contributed by atoms with Crippen LogP contribution in [0.5, 0.6) is 0 Å². The number of piperidine rings is 1. The summed E-state index contributed by atoms with van der Waals surface area (Å²) in [6.07, 6.45) is 1.70. The normalized spacial score (nSPS) is 22.7. The molecule has 9 nitrogen and oxygen atoms in total. The molecule has 190 valence electrons. The number of hydrogen-bond acceptors (Lipinski definition) is 6. The summed E-state index contributed by atoms with van der Waals surface area (Å²) in [5.41, 5.74) is 7.43. The third kappa shape index (κ3) is 5.75. The maximum atomic E-state index is 13.6. The number of nitrogens with zero attached hydrogens (tertiary/aromatic N) is 3. The Hall–Kier alpha value is -2.31. The number of hydrogen-bond donors (Lipinski definition) is 1. The molecule has 2 aromatic rings. The molecule has 0 aromatic heterocycles. The van der Waals surface area contributed by atoms with Crippen molar-refractivity contribution >= 4 is 26.0 Å². The second-order valence-corrected chi connectivity index (χ2v) is 13.1. The number of benzene rings is 2. The van der Waals surface area contributed by atoms with Crippen LogP contribution in [0.1, 0.15) is 23.5 Å². The van der Waals surface area contributed by atoms with E-state index in [4.69, 9.17) is 5.73 Å². The fraction of sp³-hybridized carbons (Fsp3) is 0.458. The van der Waals surface area contributed by atoms with Crippen LogP contribution < -0.4 is 5.73 Å². The van der Waals surface area contributed by atoms with Crippen LogP contribution in [0.4, 0.5) is 0 Å². The van der Waals surface area contributed by atoms with Crippen molar-refractivity contribution in [2.24, 2.45) is 11.7 Å². The summed E-state index contributed by atoms with van der Waals surface area (Å²) in [5, 5.41) is 0. The van der Waals surface area contributed by atoms with Gasteiger partial charge in [0.25, 0.3) is 0 Å². The van der Waals surface area contributed by atoms with Crippen LogP contribution in [0, 0.1) is 5.92 Å². The van der Waals surface area contributed by atoms with Crippen LogP contribution in [-0.2, 0) is 31.4 Å². The number of carbonyl (C=O) groups is 1. The highest BCUT2D eigenvalue weighted by atomic mass is 32.2. The first kappa shape index (κ1) is 25.8. The first-order valence-electron chi connectivity index (χ1n) is 11.7. The number of nitrogens with two attached hydrogens (primary N) is 1. The Labute approximate surface area is 207 Å². The van der Waals surface area contributed by atoms with E-state index in [-0.39, 0.29) is 49.4 Å². The highest BCUT2D eigenvalue weighted by molar-refractivity contribution is 7.89. The van der Waals surface area contributed by atoms with E-state index in [1.54, 1.807) is 29.2 Å². The van der Waals surface area contributed by atoms with E-state index in [0.29, 0.717) is 19.5 Å². The fourth-order valence-corrected chi connectivity index (χ4v) is 7.31. The van der Waals surface area contributed by atoms with Crippen LogP contribution in [-0.4, -0.2) is 81.8 Å². The lowest BCUT2D eigenvalue weighted by Crippen LogP contribution is -2.54. The summed E-state index contributed by atoms with van der Waals surface area (Å²) in [6, 6.07) is 16.3. The Kier molecular flexibility index (Phi) is 7.62. The molecule has 0 spiro atoms. The predicted octanol–water partition coefficient (Wildman–Crippen LogP) is 1.04. The number of rotatable bonds is 6. The van der Waals surface area contributed by atoms with Crippen molar-refractivity contribution in [2.75, 3.05) is 45.5 Å². The maximum absolute atomic E-state index is 13.6. The zero-order chi connectivity index (χ0) is 25.2. The van der Waals surface area contributed by atoms with Crippen LogP contribution in [0.3, 0.4) is 0 Å². The third-order valence-corrected chi connectivity index (χ3v) is 9.96. The van der Waals surface area contributed by atoms with Gasteiger partial charge >= 0.3 is 0 Å². The number of carbonyl (C=O) groups excluding carboxylic acids is 1. The summed E-state index contributed by atoms with van der Waals surface area (Å²) >= 11 is 0. The second kappa shape index (κ2) is 10.4. The predicted molar refractivity (Wildman–Crippen MR) is 133 cm³/mol. The van der Waals surface area contributed by atoms with Gasteiger partial charge in [-0.05, 0) is 35.6 Å². The summed E-state index contributed by atoms with van der Waals surface area (Å²) in [7, 11) is -7.15. The van der Waals surface area contributed by atoms with Crippen molar-refractivity contribution in [3.8, 4) is 0 Å². The van der Waals surface area contributed by atoms with E-state index in [9.17, 15) is 21.6 Å². The van der Waals surface area contributed by atoms with Crippen molar-refractivity contribution in [3.05, 3.63) is 65.7 Å². The van der Waals surface area contributed by atoms with Crippen molar-refractivity contribution in [1.82, 2.24) is 13.5 Å². The van der Waals surface area contributed by atoms with Gasteiger partial charge in [0.05, 0.1) is 17.1 Å². The summed E-state index contributed by atoms with van der Waals surface area (Å²) in [5.74, 6) is -0.787. The third-order valence-electron chi connectivity index (χ3n) is 6.83. The smallest absolute Gasteiger partial charge is 0.243 e. The van der Waals surface area contributed by atoms with Gasteiger partial charge in [0.1, 0.15) is 0 Å². The molecular weight excluding hydrogens is 488 g/mol. The van der Waals surface area contributed by atoms with E-state index in [0.717, 1.165) is 11.1 Å². The quantitative estimate of drug-likeness (QED) is 0.608. The zero-order valence-electron chi connectivity index (χ0n) is 19.8. The largest absolute Gasteiger partial charge is 0.340 e. The Morgan fingerprint density at radius 2 is 1.60 bits per heavy atom. The molecule has 0 bridgehead atoms. The first-order chi connectivity index (χ1) is 16.6. The molecule has 2 aromatic carbocycles. The number of sulfonamides is 2. The van der Waals surface area contributed by atoms with E-state index in [2.05, 4.69) is 0 Å². The van der Waals surface area contributed by atoms with Gasteiger partial charge in [-0.15, -0.1) is 0 Å². The molecule has 2 N–H and O–H groups in total. The van der Waals surface area contributed by atoms with E-state index < -0.39 is 26.0 Å². The van der Waals surface area contributed by atoms with Crippen molar-refractivity contribution in [3.63, 3.8) is 0 Å². The molecule has 2 unspecified atom stereocenters. The minimum Gasteiger partial charge on any atom is -0.340 e. The molecule has 11 heteroatoms. The summed E-state index contributed by atoms with van der Waals surface area (Å²) in [4.78, 5) is 15.4. The Bertz CT molecular complexity index is 1260. The van der Waals surface area contributed by atoms with Crippen molar-refractivity contribution < 1.29 is 21.6 Å². The fourth-order valence-electron chi connectivity index (χ4n) is 4.88. The summed E-state index contributed by atoms with van der Waals surface area (Å²) in [6.45, 7) is 1.68. The highest BCUT2D eigenvalue weighted by Gasteiger charge is 2.40. The molecule has 2 fully saturated rings. The van der Waals surface area contributed by atoms with Gasteiger partial charge in [-0.3, -0.25) is 4.79 Å². The Balaban J connectivity index is 1.59. The Morgan fingerprint density at radius 1 is 0.914 bits per heavy atom. The molecule has 2 heterocycles. The van der Waals surface area contributed by atoms with Gasteiger partial charge in [0.15, 0.2) is 0 Å². The van der Waals surface area contributed by atoms with Crippen LogP contribution in [0.2, 0.25) is 0 Å². The number of piperazine rings is 1. The zero-order valence-corrected chi connectivity index (χ0v) is 21.4. The molecule has 0 saturated carbocycles. The minimum atomic E-state index is -3.84. The molecule has 35 heavy (non-hydrogen) atoms. The monoisotopic (exact) mass is 520 g/mol. The lowest BCUT2D eigenvalue weighted by molar-refractivity contribution is -0.138. The SMILES string of the molecule is CS(=O)(=O)N1CCN(C(=O)C2CC(c3ccccc3)CN(S(=O)(=O)c3cccc(CN)c3)C2)CC1. The molecule has 2 aliphatic rings. The van der Waals surface area contributed by atoms with Crippen LogP contribution >= 0.6 is 0 Å². The van der Waals surface area contributed by atoms with Gasteiger partial charge in [-0.25, -0.2) is 16.8 Å². The highest BCUT2D eigenvalue weighted by Crippen LogP contribution is 2.34. The van der Waals surface area contributed by atoms with Gasteiger partial charge < -0.3 is 10.6 Å². The average Bonchev–Trinajstić information content (AvgIpc) is 2.88. The maximum Gasteiger partial charge on any atom is 0.243 e. The second-order valence-electron chi connectivity index (χ2n) is 9.20. The first-order valence-corrected chi connectivity index (χ1v) is 15.0. The van der Waals surface area contributed by atoms with Gasteiger partial charge in [-0.1, -0.05) is 42.5 Å². The molecule has 4 rings (SSSR count). The van der Waals surface area contributed by atoms with Crippen LogP contribution in [0.25, 0.3) is 0 Å². The average molecular weight is 521 g/mol. The molecule has 2 saturated heterocycles. The topological polar surface area (TPSA) is 121 Å².